The van der Waals surface area contributed by atoms with Gasteiger partial charge in [0.15, 0.2) is 12.6 Å². The SMILES string of the molecule is CC1O[C@@H](O[C@H]2CC[C@@]3(C)[C@@H](CC[C@]4(C)[C@@H]3C=C[C@]35OC[C@@]6(CCC(C)(C)C[C@H]63)[C@@H](O)C[C@]54C)[C@]2(C)CO)C(O)[C@H](O[C@@H]2OC(CO)[C@@H](O)[C@@H](O)C2O)[C@H]1O. The van der Waals surface area contributed by atoms with E-state index in [-0.39, 0.29) is 51.4 Å². The Labute approximate surface area is 325 Å². The van der Waals surface area contributed by atoms with Gasteiger partial charge in [0.25, 0.3) is 0 Å². The number of fused-ring (bicyclic) bond motifs is 4. The van der Waals surface area contributed by atoms with Crippen LogP contribution in [0.4, 0.5) is 0 Å². The summed E-state index contributed by atoms with van der Waals surface area (Å²) in [4.78, 5) is 0. The van der Waals surface area contributed by atoms with Crippen LogP contribution in [0.2, 0.25) is 0 Å². The Morgan fingerprint density at radius 2 is 1.44 bits per heavy atom. The largest absolute Gasteiger partial charge is 0.396 e. The molecule has 5 aliphatic carbocycles. The molecule has 13 heteroatoms. The van der Waals surface area contributed by atoms with Crippen LogP contribution in [0.5, 0.6) is 0 Å². The Morgan fingerprint density at radius 3 is 2.13 bits per heavy atom. The minimum Gasteiger partial charge on any atom is -0.396 e. The number of hydrogen-bond donors (Lipinski definition) is 8. The van der Waals surface area contributed by atoms with Gasteiger partial charge in [-0.15, -0.1) is 0 Å². The number of hydrogen-bond acceptors (Lipinski definition) is 13. The summed E-state index contributed by atoms with van der Waals surface area (Å²) < 4.78 is 31.2. The highest BCUT2D eigenvalue weighted by Gasteiger charge is 2.79. The van der Waals surface area contributed by atoms with E-state index in [1.54, 1.807) is 6.92 Å². The number of ether oxygens (including phenoxy) is 5. The Bertz CT molecular complexity index is 1490. The average Bonchev–Trinajstić information content (AvgIpc) is 3.41. The lowest BCUT2D eigenvalue weighted by molar-refractivity contribution is -0.367. The van der Waals surface area contributed by atoms with E-state index in [0.29, 0.717) is 19.4 Å². The van der Waals surface area contributed by atoms with Crippen molar-refractivity contribution in [1.29, 1.82) is 0 Å². The molecule has 0 aromatic heterocycles. The van der Waals surface area contributed by atoms with Crippen LogP contribution >= 0.6 is 0 Å². The van der Waals surface area contributed by atoms with Crippen LogP contribution in [-0.2, 0) is 23.7 Å². The third kappa shape index (κ3) is 5.44. The van der Waals surface area contributed by atoms with Gasteiger partial charge in [-0.2, -0.15) is 0 Å². The number of aliphatic hydroxyl groups excluding tert-OH is 8. The van der Waals surface area contributed by atoms with Gasteiger partial charge in [-0.05, 0) is 86.4 Å². The lowest BCUT2D eigenvalue weighted by Gasteiger charge is -2.73. The molecule has 314 valence electrons. The lowest BCUT2D eigenvalue weighted by atomic mass is 9.32. The Kier molecular flexibility index (Phi) is 9.95. The molecule has 1 spiro atoms. The summed E-state index contributed by atoms with van der Waals surface area (Å²) in [6, 6.07) is 0. The zero-order valence-electron chi connectivity index (χ0n) is 33.7. The maximum Gasteiger partial charge on any atom is 0.187 e. The third-order valence-electron chi connectivity index (χ3n) is 17.9. The molecular formula is C42H68O13. The van der Waals surface area contributed by atoms with Gasteiger partial charge < -0.3 is 64.5 Å². The van der Waals surface area contributed by atoms with E-state index in [4.69, 9.17) is 23.7 Å². The van der Waals surface area contributed by atoms with Crippen molar-refractivity contribution >= 4 is 0 Å². The monoisotopic (exact) mass is 780 g/mol. The summed E-state index contributed by atoms with van der Waals surface area (Å²) >= 11 is 0. The number of rotatable bonds is 6. The van der Waals surface area contributed by atoms with Crippen LogP contribution in [0, 0.1) is 50.2 Å². The van der Waals surface area contributed by atoms with Crippen molar-refractivity contribution in [1.82, 2.24) is 0 Å². The van der Waals surface area contributed by atoms with Crippen molar-refractivity contribution in [3.8, 4) is 0 Å². The van der Waals surface area contributed by atoms with Gasteiger partial charge in [-0.3, -0.25) is 0 Å². The molecule has 0 amide bonds. The molecule has 8 N–H and O–H groups in total. The third-order valence-corrected chi connectivity index (χ3v) is 17.9. The fourth-order valence-electron chi connectivity index (χ4n) is 14.3. The van der Waals surface area contributed by atoms with Gasteiger partial charge in [-0.25, -0.2) is 0 Å². The fraction of sp³-hybridized carbons (Fsp3) is 0.952. The molecule has 3 aliphatic heterocycles. The van der Waals surface area contributed by atoms with Gasteiger partial charge in [-0.1, -0.05) is 53.7 Å². The first-order valence-electron chi connectivity index (χ1n) is 20.9. The predicted octanol–water partition coefficient (Wildman–Crippen LogP) is 1.78. The van der Waals surface area contributed by atoms with E-state index in [1.165, 1.54) is 0 Å². The van der Waals surface area contributed by atoms with E-state index in [0.717, 1.165) is 38.5 Å². The van der Waals surface area contributed by atoms with Crippen LogP contribution in [-0.4, -0.2) is 140 Å². The van der Waals surface area contributed by atoms with E-state index in [2.05, 4.69) is 53.7 Å². The summed E-state index contributed by atoms with van der Waals surface area (Å²) in [6.07, 6.45) is -3.39. The summed E-state index contributed by atoms with van der Waals surface area (Å²) in [7, 11) is 0. The highest BCUT2D eigenvalue weighted by Crippen LogP contribution is 2.79. The normalized spacial score (nSPS) is 59.7. The minimum atomic E-state index is -1.72. The van der Waals surface area contributed by atoms with Gasteiger partial charge in [0.05, 0.1) is 43.7 Å². The van der Waals surface area contributed by atoms with E-state index in [1.807, 2.05) is 0 Å². The highest BCUT2D eigenvalue weighted by molar-refractivity contribution is 5.36. The molecule has 3 saturated heterocycles. The molecule has 4 saturated carbocycles. The fourth-order valence-corrected chi connectivity index (χ4v) is 14.3. The van der Waals surface area contributed by atoms with Gasteiger partial charge in [0.1, 0.15) is 42.7 Å². The standard InChI is InChI=1S/C42H68O13/c1-21-28(46)33(55-34-31(49)30(48)29(47)22(18-43)53-34)32(50)35(52-21)54-27-10-11-37(4)23(38(27,5)19-44)8-12-39(6)24(37)9-13-42-25-16-36(2,3)14-15-41(25,20-51-42)26(45)17-40(39,42)7/h9,13,21-35,43-50H,8,10-12,14-20H2,1-7H3/t21?,22?,23-,24-,25-,26+,27+,28+,29-,30-,31?,32?,33-,34+,35+,37+,38+,39-,40+,41-,42+/m1/s1. The first kappa shape index (κ1) is 41.0. The first-order valence-corrected chi connectivity index (χ1v) is 20.9. The first-order chi connectivity index (χ1) is 25.7. The molecule has 7 fully saturated rings. The van der Waals surface area contributed by atoms with Crippen LogP contribution in [0.15, 0.2) is 12.2 Å². The Balaban J connectivity index is 1.05. The van der Waals surface area contributed by atoms with E-state index < -0.39 is 91.2 Å². The molecule has 3 heterocycles. The molecule has 0 aromatic rings. The second-order valence-corrected chi connectivity index (χ2v) is 21.0. The molecule has 0 radical (unpaired) electrons. The van der Waals surface area contributed by atoms with Gasteiger partial charge >= 0.3 is 0 Å². The molecule has 21 atom stereocenters. The topological polar surface area (TPSA) is 208 Å². The average molecular weight is 781 g/mol. The molecular weight excluding hydrogens is 712 g/mol. The van der Waals surface area contributed by atoms with Crippen LogP contribution in [0.3, 0.4) is 0 Å². The van der Waals surface area contributed by atoms with Crippen molar-refractivity contribution in [3.05, 3.63) is 12.2 Å². The molecule has 8 rings (SSSR count). The van der Waals surface area contributed by atoms with Crippen molar-refractivity contribution in [3.63, 3.8) is 0 Å². The summed E-state index contributed by atoms with van der Waals surface area (Å²) in [6.45, 7) is 15.4. The van der Waals surface area contributed by atoms with Gasteiger partial charge in [0, 0.05) is 22.2 Å². The van der Waals surface area contributed by atoms with Crippen LogP contribution in [0.25, 0.3) is 0 Å². The predicted molar refractivity (Wildman–Crippen MR) is 197 cm³/mol. The van der Waals surface area contributed by atoms with E-state index >= 15 is 0 Å². The molecule has 2 bridgehead atoms. The molecule has 0 aromatic carbocycles. The van der Waals surface area contributed by atoms with Gasteiger partial charge in [0.2, 0.25) is 0 Å². The Morgan fingerprint density at radius 1 is 0.727 bits per heavy atom. The molecule has 8 aliphatic rings. The van der Waals surface area contributed by atoms with Crippen molar-refractivity contribution in [2.75, 3.05) is 19.8 Å². The molecule has 4 unspecified atom stereocenters. The minimum absolute atomic E-state index is 0.0414. The summed E-state index contributed by atoms with van der Waals surface area (Å²) in [5.41, 5.74) is -1.90. The second-order valence-electron chi connectivity index (χ2n) is 21.0. The zero-order chi connectivity index (χ0) is 39.9. The van der Waals surface area contributed by atoms with Crippen LogP contribution < -0.4 is 0 Å². The van der Waals surface area contributed by atoms with Crippen molar-refractivity contribution < 1.29 is 64.5 Å². The summed E-state index contributed by atoms with van der Waals surface area (Å²) in [5.74, 6) is 0.449. The lowest BCUT2D eigenvalue weighted by Crippen LogP contribution is -2.72. The maximum absolute atomic E-state index is 12.1. The highest BCUT2D eigenvalue weighted by atomic mass is 16.7. The quantitative estimate of drug-likeness (QED) is 0.143. The molecule has 13 nitrogen and oxygen atoms in total. The maximum atomic E-state index is 12.1. The zero-order valence-corrected chi connectivity index (χ0v) is 33.7. The summed E-state index contributed by atoms with van der Waals surface area (Å²) in [5, 5.41) is 87.0. The van der Waals surface area contributed by atoms with Crippen molar-refractivity contribution in [2.24, 2.45) is 50.2 Å². The number of allylic oxidation sites excluding steroid dienone is 1. The Hall–Kier alpha value is -0.780. The van der Waals surface area contributed by atoms with Crippen LogP contribution in [0.1, 0.15) is 99.8 Å². The van der Waals surface area contributed by atoms with E-state index in [9.17, 15) is 40.9 Å². The molecule has 55 heavy (non-hydrogen) atoms. The number of aliphatic hydroxyl groups is 8. The second kappa shape index (κ2) is 13.4. The van der Waals surface area contributed by atoms with Crippen molar-refractivity contribution in [2.45, 2.75) is 179 Å². The smallest absolute Gasteiger partial charge is 0.187 e.